The Morgan fingerprint density at radius 2 is 1.83 bits per heavy atom. The van der Waals surface area contributed by atoms with Crippen LogP contribution >= 0.6 is 0 Å². The first-order valence-electron chi connectivity index (χ1n) is 3.72. The standard InChI is InChI=1S/C6H9O2.C3H9N/c1-3-4-5(2)6(7)8;1-4(2)3/h4H,1,3H2,2H3,(H,7,8);1-3H3. The molecule has 0 aliphatic rings. The van der Waals surface area contributed by atoms with E-state index in [0.29, 0.717) is 12.0 Å². The van der Waals surface area contributed by atoms with E-state index in [4.69, 9.17) is 5.11 Å². The van der Waals surface area contributed by atoms with Gasteiger partial charge < -0.3 is 10.0 Å². The summed E-state index contributed by atoms with van der Waals surface area (Å²) < 4.78 is 0. The lowest BCUT2D eigenvalue weighted by Gasteiger charge is -1.90. The zero-order valence-corrected chi connectivity index (χ0v) is 8.29. The first kappa shape index (κ1) is 13.7. The molecule has 0 aromatic heterocycles. The Kier molecular flexibility index (Phi) is 9.47. The van der Waals surface area contributed by atoms with E-state index in [1.165, 1.54) is 0 Å². The van der Waals surface area contributed by atoms with Crippen LogP contribution in [0.3, 0.4) is 0 Å². The van der Waals surface area contributed by atoms with Crippen molar-refractivity contribution in [3.05, 3.63) is 18.6 Å². The van der Waals surface area contributed by atoms with Gasteiger partial charge in [-0.05, 0) is 41.4 Å². The highest BCUT2D eigenvalue weighted by atomic mass is 16.4. The monoisotopic (exact) mass is 172 g/mol. The third-order valence-electron chi connectivity index (χ3n) is 0.788. The number of carboxylic acids is 1. The van der Waals surface area contributed by atoms with Crippen LogP contribution in [0, 0.1) is 6.92 Å². The number of nitrogens with zero attached hydrogens (tertiary/aromatic N) is 1. The van der Waals surface area contributed by atoms with Gasteiger partial charge in [0.25, 0.3) is 0 Å². The molecule has 0 saturated carbocycles. The van der Waals surface area contributed by atoms with Crippen LogP contribution in [0.5, 0.6) is 0 Å². The summed E-state index contributed by atoms with van der Waals surface area (Å²) in [6, 6.07) is 0. The second-order valence-corrected chi connectivity index (χ2v) is 2.82. The topological polar surface area (TPSA) is 40.5 Å². The summed E-state index contributed by atoms with van der Waals surface area (Å²) in [4.78, 5) is 12.0. The van der Waals surface area contributed by atoms with Crippen molar-refractivity contribution in [3.63, 3.8) is 0 Å². The maximum Gasteiger partial charge on any atom is 0.330 e. The van der Waals surface area contributed by atoms with E-state index in [2.05, 4.69) is 6.92 Å². The molecular weight excluding hydrogens is 154 g/mol. The lowest BCUT2D eigenvalue weighted by Crippen LogP contribution is -1.99. The molecule has 0 amide bonds. The first-order valence-corrected chi connectivity index (χ1v) is 3.72. The van der Waals surface area contributed by atoms with Gasteiger partial charge in [0.15, 0.2) is 0 Å². The zero-order valence-electron chi connectivity index (χ0n) is 8.29. The molecule has 12 heavy (non-hydrogen) atoms. The van der Waals surface area contributed by atoms with Gasteiger partial charge in [-0.25, -0.2) is 4.79 Å². The van der Waals surface area contributed by atoms with E-state index in [0.717, 1.165) is 0 Å². The highest BCUT2D eigenvalue weighted by Crippen LogP contribution is 1.92. The highest BCUT2D eigenvalue weighted by molar-refractivity contribution is 5.85. The van der Waals surface area contributed by atoms with E-state index < -0.39 is 5.97 Å². The second-order valence-electron chi connectivity index (χ2n) is 2.82. The number of aliphatic carboxylic acids is 1. The summed E-state index contributed by atoms with van der Waals surface area (Å²) >= 11 is 0. The maximum atomic E-state index is 9.99. The van der Waals surface area contributed by atoms with Gasteiger partial charge in [0.05, 0.1) is 0 Å². The SMILES string of the molecule is CN(C)C.[CH2]CC=C(C)C(=O)O. The van der Waals surface area contributed by atoms with Crippen molar-refractivity contribution in [2.45, 2.75) is 13.3 Å². The molecule has 0 aliphatic heterocycles. The van der Waals surface area contributed by atoms with Gasteiger partial charge >= 0.3 is 5.97 Å². The quantitative estimate of drug-likeness (QED) is 0.640. The predicted molar refractivity (Wildman–Crippen MR) is 51.0 cm³/mol. The van der Waals surface area contributed by atoms with Crippen molar-refractivity contribution < 1.29 is 9.90 Å². The molecule has 0 aliphatic carbocycles. The lowest BCUT2D eigenvalue weighted by molar-refractivity contribution is -0.132. The molecule has 0 aromatic carbocycles. The largest absolute Gasteiger partial charge is 0.478 e. The van der Waals surface area contributed by atoms with Crippen LogP contribution in [0.4, 0.5) is 0 Å². The smallest absolute Gasteiger partial charge is 0.330 e. The van der Waals surface area contributed by atoms with Gasteiger partial charge in [-0.15, -0.1) is 0 Å². The minimum Gasteiger partial charge on any atom is -0.478 e. The van der Waals surface area contributed by atoms with Gasteiger partial charge in [0.1, 0.15) is 0 Å². The van der Waals surface area contributed by atoms with Gasteiger partial charge in [-0.1, -0.05) is 6.08 Å². The van der Waals surface area contributed by atoms with Crippen LogP contribution in [0.15, 0.2) is 11.6 Å². The fraction of sp³-hybridized carbons (Fsp3) is 0.556. The van der Waals surface area contributed by atoms with Crippen molar-refractivity contribution in [2.24, 2.45) is 0 Å². The van der Waals surface area contributed by atoms with E-state index >= 15 is 0 Å². The van der Waals surface area contributed by atoms with E-state index in [1.54, 1.807) is 13.0 Å². The predicted octanol–water partition coefficient (Wildman–Crippen LogP) is 1.42. The van der Waals surface area contributed by atoms with Gasteiger partial charge in [-0.2, -0.15) is 0 Å². The summed E-state index contributed by atoms with van der Waals surface area (Å²) in [5, 5.41) is 8.22. The number of hydrogen-bond acceptors (Lipinski definition) is 2. The Bertz CT molecular complexity index is 148. The third kappa shape index (κ3) is 16.1. The van der Waals surface area contributed by atoms with Crippen molar-refractivity contribution in [3.8, 4) is 0 Å². The number of carbonyl (C=O) groups is 1. The van der Waals surface area contributed by atoms with E-state index in [9.17, 15) is 4.79 Å². The summed E-state index contributed by atoms with van der Waals surface area (Å²) in [5.74, 6) is -0.867. The summed E-state index contributed by atoms with van der Waals surface area (Å²) in [6.07, 6.45) is 2.11. The molecule has 0 atom stereocenters. The Balaban J connectivity index is 0. The van der Waals surface area contributed by atoms with Crippen molar-refractivity contribution in [1.29, 1.82) is 0 Å². The average Bonchev–Trinajstić information content (AvgIpc) is 1.86. The third-order valence-corrected chi connectivity index (χ3v) is 0.788. The lowest BCUT2D eigenvalue weighted by atomic mass is 10.2. The fourth-order valence-corrected chi connectivity index (χ4v) is 0.304. The molecule has 1 N–H and O–H groups in total. The van der Waals surface area contributed by atoms with Crippen LogP contribution in [0.25, 0.3) is 0 Å². The molecular formula is C9H18NO2. The fourth-order valence-electron chi connectivity index (χ4n) is 0.304. The van der Waals surface area contributed by atoms with Crippen molar-refractivity contribution >= 4 is 5.97 Å². The zero-order chi connectivity index (χ0) is 10.1. The molecule has 0 bridgehead atoms. The Labute approximate surface area is 74.7 Å². The Hall–Kier alpha value is -0.830. The van der Waals surface area contributed by atoms with Crippen LogP contribution in [-0.4, -0.2) is 37.1 Å². The van der Waals surface area contributed by atoms with Crippen LogP contribution in [-0.2, 0) is 4.79 Å². The number of rotatable bonds is 2. The Morgan fingerprint density at radius 3 is 1.92 bits per heavy atom. The molecule has 0 saturated heterocycles. The molecule has 0 heterocycles. The number of hydrogen-bond donors (Lipinski definition) is 1. The molecule has 0 spiro atoms. The van der Waals surface area contributed by atoms with E-state index in [1.807, 2.05) is 26.0 Å². The molecule has 0 fully saturated rings. The van der Waals surface area contributed by atoms with Gasteiger partial charge in [-0.3, -0.25) is 0 Å². The normalized spacial score (nSPS) is 10.7. The van der Waals surface area contributed by atoms with Crippen LogP contribution in [0.2, 0.25) is 0 Å². The summed E-state index contributed by atoms with van der Waals surface area (Å²) in [5.41, 5.74) is 0.361. The molecule has 0 unspecified atom stereocenters. The molecule has 0 rings (SSSR count). The van der Waals surface area contributed by atoms with E-state index in [-0.39, 0.29) is 0 Å². The molecule has 3 nitrogen and oxygen atoms in total. The molecule has 3 heteroatoms. The summed E-state index contributed by atoms with van der Waals surface area (Å²) in [7, 11) is 6.00. The maximum absolute atomic E-state index is 9.99. The summed E-state index contributed by atoms with van der Waals surface area (Å²) in [6.45, 7) is 5.02. The minimum absolute atomic E-state index is 0.361. The van der Waals surface area contributed by atoms with Gasteiger partial charge in [0.2, 0.25) is 0 Å². The average molecular weight is 172 g/mol. The highest BCUT2D eigenvalue weighted by Gasteiger charge is 1.94. The number of allylic oxidation sites excluding steroid dienone is 1. The van der Waals surface area contributed by atoms with Crippen molar-refractivity contribution in [1.82, 2.24) is 4.90 Å². The van der Waals surface area contributed by atoms with Crippen LogP contribution < -0.4 is 0 Å². The van der Waals surface area contributed by atoms with Crippen LogP contribution in [0.1, 0.15) is 13.3 Å². The second kappa shape index (κ2) is 8.27. The minimum atomic E-state index is -0.867. The number of carboxylic acid groups (broad SMARTS) is 1. The molecule has 71 valence electrons. The Morgan fingerprint density at radius 1 is 1.50 bits per heavy atom. The van der Waals surface area contributed by atoms with Gasteiger partial charge in [0, 0.05) is 5.57 Å². The molecule has 1 radical (unpaired) electrons. The molecule has 0 aromatic rings. The first-order chi connectivity index (χ1) is 5.41. The van der Waals surface area contributed by atoms with Crippen molar-refractivity contribution in [2.75, 3.05) is 21.1 Å².